The van der Waals surface area contributed by atoms with Crippen LogP contribution in [0.2, 0.25) is 0 Å². The molecule has 0 unspecified atom stereocenters. The quantitative estimate of drug-likeness (QED) is 0.576. The third-order valence-corrected chi connectivity index (χ3v) is 5.54. The third kappa shape index (κ3) is 2.90. The largest absolute Gasteiger partial charge is 0.456 e. The van der Waals surface area contributed by atoms with Gasteiger partial charge in [-0.25, -0.2) is 13.6 Å². The molecule has 1 aliphatic carbocycles. The Kier molecular flexibility index (Phi) is 4.14. The van der Waals surface area contributed by atoms with E-state index in [1.54, 1.807) is 43.3 Å². The zero-order valence-electron chi connectivity index (χ0n) is 14.8. The average molecular weight is 393 g/mol. The van der Waals surface area contributed by atoms with Crippen LogP contribution < -0.4 is 9.88 Å². The van der Waals surface area contributed by atoms with Crippen LogP contribution in [0.25, 0.3) is 0 Å². The van der Waals surface area contributed by atoms with Crippen LogP contribution in [0.5, 0.6) is 11.5 Å². The Hall–Kier alpha value is -3.29. The summed E-state index contributed by atoms with van der Waals surface area (Å²) >= 11 is 0. The van der Waals surface area contributed by atoms with Gasteiger partial charge in [-0.05, 0) is 42.8 Å². The summed E-state index contributed by atoms with van der Waals surface area (Å²) < 4.78 is 28.7. The van der Waals surface area contributed by atoms with E-state index >= 15 is 0 Å². The van der Waals surface area contributed by atoms with E-state index in [0.29, 0.717) is 22.4 Å². The molecule has 6 nitrogen and oxygen atoms in total. The van der Waals surface area contributed by atoms with Gasteiger partial charge in [-0.2, -0.15) is 0 Å². The van der Waals surface area contributed by atoms with Gasteiger partial charge in [-0.15, -0.1) is 0 Å². The number of carbonyl (C=O) groups is 2. The zero-order chi connectivity index (χ0) is 20.1. The van der Waals surface area contributed by atoms with Crippen LogP contribution in [-0.4, -0.2) is 20.0 Å². The van der Waals surface area contributed by atoms with Crippen molar-refractivity contribution in [3.63, 3.8) is 0 Å². The average Bonchev–Trinajstić information content (AvgIpc) is 2.67. The fourth-order valence-electron chi connectivity index (χ4n) is 3.21. The van der Waals surface area contributed by atoms with E-state index in [1.807, 2.05) is 0 Å². The van der Waals surface area contributed by atoms with Crippen molar-refractivity contribution in [2.24, 2.45) is 5.14 Å². The number of fused-ring (bicyclic) bond motifs is 2. The summed E-state index contributed by atoms with van der Waals surface area (Å²) in [6.45, 7) is 1.77. The van der Waals surface area contributed by atoms with Gasteiger partial charge in [0.05, 0.1) is 10.5 Å². The Morgan fingerprint density at radius 3 is 2.00 bits per heavy atom. The second-order valence-corrected chi connectivity index (χ2v) is 8.02. The number of sulfonamides is 1. The lowest BCUT2D eigenvalue weighted by atomic mass is 9.83. The number of hydrogen-bond acceptors (Lipinski definition) is 5. The number of carbonyl (C=O) groups excluding carboxylic acids is 2. The molecular weight excluding hydrogens is 378 g/mol. The highest BCUT2D eigenvalue weighted by molar-refractivity contribution is 7.89. The summed E-state index contributed by atoms with van der Waals surface area (Å²) in [5.41, 5.74) is 1.87. The SMILES string of the molecule is Cc1ccc2c(c1Oc1ccc(S(N)(=O)=O)cc1)C(=O)c1ccccc1C2=O. The molecule has 0 bridgehead atoms. The van der Waals surface area contributed by atoms with E-state index in [9.17, 15) is 18.0 Å². The maximum atomic E-state index is 13.1. The van der Waals surface area contributed by atoms with Crippen molar-refractivity contribution in [1.82, 2.24) is 0 Å². The van der Waals surface area contributed by atoms with Gasteiger partial charge in [0.2, 0.25) is 10.0 Å². The van der Waals surface area contributed by atoms with Gasteiger partial charge >= 0.3 is 0 Å². The molecule has 0 aliphatic heterocycles. The molecule has 0 spiro atoms. The summed E-state index contributed by atoms with van der Waals surface area (Å²) in [7, 11) is -3.82. The van der Waals surface area contributed by atoms with Gasteiger partial charge < -0.3 is 4.74 Å². The van der Waals surface area contributed by atoms with E-state index in [-0.39, 0.29) is 33.3 Å². The Morgan fingerprint density at radius 2 is 1.39 bits per heavy atom. The first-order valence-electron chi connectivity index (χ1n) is 8.40. The fraction of sp³-hybridized carbons (Fsp3) is 0.0476. The van der Waals surface area contributed by atoms with Crippen LogP contribution in [0.15, 0.2) is 65.6 Å². The van der Waals surface area contributed by atoms with Gasteiger partial charge in [-0.1, -0.05) is 30.3 Å². The van der Waals surface area contributed by atoms with Gasteiger partial charge in [0.15, 0.2) is 11.6 Å². The van der Waals surface area contributed by atoms with Gasteiger partial charge in [-0.3, -0.25) is 9.59 Å². The summed E-state index contributed by atoms with van der Waals surface area (Å²) in [5, 5.41) is 5.10. The van der Waals surface area contributed by atoms with Crippen LogP contribution in [0.1, 0.15) is 37.4 Å². The molecule has 1 aliphatic rings. The minimum Gasteiger partial charge on any atom is -0.456 e. The molecule has 3 aromatic rings. The van der Waals surface area contributed by atoms with Gasteiger partial charge in [0.25, 0.3) is 0 Å². The molecule has 0 saturated carbocycles. The molecule has 28 heavy (non-hydrogen) atoms. The lowest BCUT2D eigenvalue weighted by Crippen LogP contribution is -2.21. The molecule has 7 heteroatoms. The van der Waals surface area contributed by atoms with Gasteiger partial charge in [0, 0.05) is 16.7 Å². The molecule has 0 heterocycles. The van der Waals surface area contributed by atoms with E-state index in [2.05, 4.69) is 0 Å². The van der Waals surface area contributed by atoms with Gasteiger partial charge in [0.1, 0.15) is 11.5 Å². The van der Waals surface area contributed by atoms with Crippen LogP contribution in [0.4, 0.5) is 0 Å². The zero-order valence-corrected chi connectivity index (χ0v) is 15.6. The van der Waals surface area contributed by atoms with E-state index < -0.39 is 10.0 Å². The predicted molar refractivity (Wildman–Crippen MR) is 102 cm³/mol. The Labute approximate surface area is 161 Å². The number of ether oxygens (including phenoxy) is 1. The van der Waals surface area contributed by atoms with Crippen molar-refractivity contribution >= 4 is 21.6 Å². The van der Waals surface area contributed by atoms with E-state index in [1.165, 1.54) is 24.3 Å². The smallest absolute Gasteiger partial charge is 0.238 e. The standard InChI is InChI=1S/C21H15NO5S/c1-12-6-11-17-18(20(24)16-5-3-2-4-15(16)19(17)23)21(12)27-13-7-9-14(10-8-13)28(22,25)26/h2-11H,1H3,(H2,22,25,26). The summed E-state index contributed by atoms with van der Waals surface area (Å²) in [5.74, 6) is 0.0707. The van der Waals surface area contributed by atoms with Crippen molar-refractivity contribution in [3.8, 4) is 11.5 Å². The first kappa shape index (κ1) is 18.1. The van der Waals surface area contributed by atoms with E-state index in [4.69, 9.17) is 9.88 Å². The molecule has 0 atom stereocenters. The van der Waals surface area contributed by atoms with Crippen molar-refractivity contribution < 1.29 is 22.7 Å². The molecule has 0 aromatic heterocycles. The second kappa shape index (κ2) is 6.40. The van der Waals surface area contributed by atoms with Crippen LogP contribution in [-0.2, 0) is 10.0 Å². The first-order valence-corrected chi connectivity index (χ1v) is 9.95. The minimum absolute atomic E-state index is 0.0492. The highest BCUT2D eigenvalue weighted by Crippen LogP contribution is 2.37. The molecular formula is C21H15NO5S. The van der Waals surface area contributed by atoms with Crippen molar-refractivity contribution in [3.05, 3.63) is 88.5 Å². The molecule has 140 valence electrons. The van der Waals surface area contributed by atoms with Crippen molar-refractivity contribution in [2.45, 2.75) is 11.8 Å². The molecule has 0 radical (unpaired) electrons. The number of benzene rings is 3. The topological polar surface area (TPSA) is 104 Å². The normalized spacial score (nSPS) is 13.1. The summed E-state index contributed by atoms with van der Waals surface area (Å²) in [6.07, 6.45) is 0. The molecule has 2 N–H and O–H groups in total. The number of ketones is 2. The molecule has 0 saturated heterocycles. The lowest BCUT2D eigenvalue weighted by molar-refractivity contribution is 0.0977. The number of primary sulfonamides is 1. The maximum Gasteiger partial charge on any atom is 0.238 e. The molecule has 0 fully saturated rings. The van der Waals surface area contributed by atoms with E-state index in [0.717, 1.165) is 0 Å². The van der Waals surface area contributed by atoms with Crippen LogP contribution >= 0.6 is 0 Å². The maximum absolute atomic E-state index is 13.1. The molecule has 3 aromatic carbocycles. The first-order chi connectivity index (χ1) is 13.3. The Balaban J connectivity index is 1.82. The number of rotatable bonds is 3. The third-order valence-electron chi connectivity index (χ3n) is 4.61. The minimum atomic E-state index is -3.82. The summed E-state index contributed by atoms with van der Waals surface area (Å²) in [4.78, 5) is 25.9. The fourth-order valence-corrected chi connectivity index (χ4v) is 3.72. The number of aryl methyl sites for hydroxylation is 1. The predicted octanol–water partition coefficient (Wildman–Crippen LogP) is 3.21. The Bertz CT molecular complexity index is 1240. The second-order valence-electron chi connectivity index (χ2n) is 6.46. The lowest BCUT2D eigenvalue weighted by Gasteiger charge is -2.21. The molecule has 4 rings (SSSR count). The van der Waals surface area contributed by atoms with Crippen LogP contribution in [0, 0.1) is 6.92 Å². The highest BCUT2D eigenvalue weighted by atomic mass is 32.2. The van der Waals surface area contributed by atoms with Crippen molar-refractivity contribution in [1.29, 1.82) is 0 Å². The Morgan fingerprint density at radius 1 is 0.786 bits per heavy atom. The van der Waals surface area contributed by atoms with Crippen LogP contribution in [0.3, 0.4) is 0 Å². The molecule has 0 amide bonds. The number of hydrogen-bond donors (Lipinski definition) is 1. The number of nitrogens with two attached hydrogens (primary N) is 1. The highest BCUT2D eigenvalue weighted by Gasteiger charge is 2.33. The monoisotopic (exact) mass is 393 g/mol. The summed E-state index contributed by atoms with van der Waals surface area (Å²) in [6, 6.07) is 15.5. The van der Waals surface area contributed by atoms with Crippen molar-refractivity contribution in [2.75, 3.05) is 0 Å².